The maximum Gasteiger partial charge on any atom is 0.268 e. The van der Waals surface area contributed by atoms with Crippen LogP contribution in [0.4, 0.5) is 0 Å². The number of hydrogen-bond acceptors (Lipinski definition) is 4. The lowest BCUT2D eigenvalue weighted by Crippen LogP contribution is -2.34. The van der Waals surface area contributed by atoms with Crippen LogP contribution in [-0.2, 0) is 17.9 Å². The molecule has 4 rings (SSSR count). The average Bonchev–Trinajstić information content (AvgIpc) is 3.53. The summed E-state index contributed by atoms with van der Waals surface area (Å²) in [6.45, 7) is 0.895. The average molecular weight is 426 g/mol. The summed E-state index contributed by atoms with van der Waals surface area (Å²) in [6.07, 6.45) is 6.63. The molecule has 0 aliphatic heterocycles. The molecule has 0 spiro atoms. The summed E-state index contributed by atoms with van der Waals surface area (Å²) in [5.74, 6) is -0.334. The predicted octanol–water partition coefficient (Wildman–Crippen LogP) is 3.61. The minimum Gasteiger partial charge on any atom is -0.465 e. The first-order valence-corrected chi connectivity index (χ1v) is 10.1. The van der Waals surface area contributed by atoms with E-state index in [4.69, 9.17) is 4.42 Å². The maximum absolute atomic E-state index is 13.0. The Labute approximate surface area is 185 Å². The summed E-state index contributed by atoms with van der Waals surface area (Å²) >= 11 is 0. The molecule has 2 heterocycles. The van der Waals surface area contributed by atoms with Crippen LogP contribution in [0, 0.1) is 0 Å². The van der Waals surface area contributed by atoms with Crippen molar-refractivity contribution < 1.29 is 14.0 Å². The second-order valence-electron chi connectivity index (χ2n) is 7.05. The molecule has 0 saturated carbocycles. The molecule has 0 aliphatic carbocycles. The molecule has 4 aromatic rings. The zero-order valence-corrected chi connectivity index (χ0v) is 17.3. The zero-order valence-electron chi connectivity index (χ0n) is 17.3. The topological polar surface area (TPSA) is 89.2 Å². The van der Waals surface area contributed by atoms with Crippen molar-refractivity contribution in [1.29, 1.82) is 0 Å². The van der Waals surface area contributed by atoms with Gasteiger partial charge in [0.25, 0.3) is 11.8 Å². The van der Waals surface area contributed by atoms with Gasteiger partial charge in [0, 0.05) is 30.6 Å². The predicted molar refractivity (Wildman–Crippen MR) is 120 cm³/mol. The fraction of sp³-hybridized carbons (Fsp3) is 0.0800. The molecule has 7 nitrogen and oxygen atoms in total. The number of hydrogen-bond donors (Lipinski definition) is 2. The highest BCUT2D eigenvalue weighted by Crippen LogP contribution is 2.12. The maximum atomic E-state index is 13.0. The molecule has 0 atom stereocenters. The molecule has 0 fully saturated rings. The molecule has 32 heavy (non-hydrogen) atoms. The third-order valence-electron chi connectivity index (χ3n) is 4.81. The lowest BCUT2D eigenvalue weighted by atomic mass is 10.1. The third kappa shape index (κ3) is 5.40. The van der Waals surface area contributed by atoms with Crippen molar-refractivity contribution in [3.05, 3.63) is 120 Å². The van der Waals surface area contributed by atoms with Crippen LogP contribution in [0.3, 0.4) is 0 Å². The Morgan fingerprint density at radius 2 is 1.72 bits per heavy atom. The van der Waals surface area contributed by atoms with Crippen LogP contribution in [0.15, 0.2) is 102 Å². The van der Waals surface area contributed by atoms with Crippen LogP contribution in [0.2, 0.25) is 0 Å². The van der Waals surface area contributed by atoms with Crippen molar-refractivity contribution in [2.75, 3.05) is 0 Å². The summed E-state index contributed by atoms with van der Waals surface area (Å²) in [6, 6.07) is 21.8. The first kappa shape index (κ1) is 20.9. The molecular weight excluding hydrogens is 404 g/mol. The third-order valence-corrected chi connectivity index (χ3v) is 4.81. The van der Waals surface area contributed by atoms with E-state index in [9.17, 15) is 9.59 Å². The molecule has 0 aliphatic rings. The largest absolute Gasteiger partial charge is 0.465 e. The second-order valence-corrected chi connectivity index (χ2v) is 7.05. The van der Waals surface area contributed by atoms with Gasteiger partial charge >= 0.3 is 0 Å². The lowest BCUT2D eigenvalue weighted by Gasteiger charge is -2.13. The van der Waals surface area contributed by atoms with Crippen LogP contribution in [0.5, 0.6) is 0 Å². The minimum atomic E-state index is -0.417. The van der Waals surface area contributed by atoms with Crippen LogP contribution in [0.25, 0.3) is 6.08 Å². The Bertz CT molecular complexity index is 1200. The molecule has 0 bridgehead atoms. The van der Waals surface area contributed by atoms with Gasteiger partial charge in [0.1, 0.15) is 11.5 Å². The monoisotopic (exact) mass is 426 g/mol. The number of nitrogens with one attached hydrogen (secondary N) is 2. The molecular formula is C25H22N4O3. The van der Waals surface area contributed by atoms with Crippen LogP contribution in [0.1, 0.15) is 27.2 Å². The number of carbonyl (C=O) groups excluding carboxylic acids is 2. The van der Waals surface area contributed by atoms with Gasteiger partial charge in [0.2, 0.25) is 0 Å². The van der Waals surface area contributed by atoms with Gasteiger partial charge in [-0.05, 0) is 41.5 Å². The van der Waals surface area contributed by atoms with Crippen molar-refractivity contribution in [3.8, 4) is 0 Å². The lowest BCUT2D eigenvalue weighted by molar-refractivity contribution is -0.117. The van der Waals surface area contributed by atoms with Crippen molar-refractivity contribution in [3.63, 3.8) is 0 Å². The first-order valence-electron chi connectivity index (χ1n) is 10.1. The molecule has 0 unspecified atom stereocenters. The fourth-order valence-electron chi connectivity index (χ4n) is 3.18. The van der Waals surface area contributed by atoms with Gasteiger partial charge in [-0.25, -0.2) is 0 Å². The Morgan fingerprint density at radius 3 is 2.44 bits per heavy atom. The van der Waals surface area contributed by atoms with Gasteiger partial charge in [-0.2, -0.15) is 5.10 Å². The Kier molecular flexibility index (Phi) is 6.57. The normalized spacial score (nSPS) is 11.2. The summed E-state index contributed by atoms with van der Waals surface area (Å²) in [7, 11) is 0. The van der Waals surface area contributed by atoms with Crippen LogP contribution < -0.4 is 10.6 Å². The number of furan rings is 1. The molecule has 7 heteroatoms. The van der Waals surface area contributed by atoms with E-state index < -0.39 is 5.91 Å². The summed E-state index contributed by atoms with van der Waals surface area (Å²) < 4.78 is 7.15. The Hall–Kier alpha value is -4.39. The molecule has 2 aromatic heterocycles. The van der Waals surface area contributed by atoms with E-state index in [0.29, 0.717) is 24.4 Å². The van der Waals surface area contributed by atoms with E-state index in [1.54, 1.807) is 42.6 Å². The highest BCUT2D eigenvalue weighted by molar-refractivity contribution is 6.05. The van der Waals surface area contributed by atoms with Crippen molar-refractivity contribution >= 4 is 17.9 Å². The molecule has 2 aromatic carbocycles. The van der Waals surface area contributed by atoms with E-state index in [-0.39, 0.29) is 11.6 Å². The van der Waals surface area contributed by atoms with Crippen molar-refractivity contribution in [2.24, 2.45) is 0 Å². The van der Waals surface area contributed by atoms with E-state index in [1.807, 2.05) is 47.3 Å². The number of rotatable bonds is 8. The van der Waals surface area contributed by atoms with Gasteiger partial charge in [0.15, 0.2) is 0 Å². The fourth-order valence-corrected chi connectivity index (χ4v) is 3.18. The molecule has 160 valence electrons. The van der Waals surface area contributed by atoms with E-state index in [0.717, 1.165) is 11.1 Å². The quantitative estimate of drug-likeness (QED) is 0.421. The van der Waals surface area contributed by atoms with Gasteiger partial charge in [-0.1, -0.05) is 42.5 Å². The van der Waals surface area contributed by atoms with Gasteiger partial charge in [0.05, 0.1) is 12.8 Å². The second kappa shape index (κ2) is 10.1. The summed E-state index contributed by atoms with van der Waals surface area (Å²) in [4.78, 5) is 25.6. The standard InChI is InChI=1S/C25H22N4O3/c30-24(19-8-2-1-3-9-19)28-23(16-22-12-6-15-32-22)25(31)26-17-20-10-4-5-11-21(20)18-29-14-7-13-27-29/h1-16H,17-18H2,(H,26,31)(H,28,30). The summed E-state index contributed by atoms with van der Waals surface area (Å²) in [5, 5.41) is 9.83. The minimum absolute atomic E-state index is 0.0957. The number of carbonyl (C=O) groups is 2. The summed E-state index contributed by atoms with van der Waals surface area (Å²) in [5.41, 5.74) is 2.55. The molecule has 2 N–H and O–H groups in total. The smallest absolute Gasteiger partial charge is 0.268 e. The van der Waals surface area contributed by atoms with Gasteiger partial charge in [-0.15, -0.1) is 0 Å². The van der Waals surface area contributed by atoms with E-state index >= 15 is 0 Å². The number of amides is 2. The van der Waals surface area contributed by atoms with Crippen molar-refractivity contribution in [2.45, 2.75) is 13.1 Å². The SMILES string of the molecule is O=C(NCc1ccccc1Cn1cccn1)C(=Cc1ccco1)NC(=O)c1ccccc1. The number of aromatic nitrogens is 2. The van der Waals surface area contributed by atoms with Crippen LogP contribution in [-0.4, -0.2) is 21.6 Å². The first-order chi connectivity index (χ1) is 15.7. The number of nitrogens with zero attached hydrogens (tertiary/aromatic N) is 2. The van der Waals surface area contributed by atoms with Gasteiger partial charge < -0.3 is 15.1 Å². The van der Waals surface area contributed by atoms with E-state index in [1.165, 1.54) is 12.3 Å². The highest BCUT2D eigenvalue weighted by Gasteiger charge is 2.16. The zero-order chi connectivity index (χ0) is 22.2. The molecule has 0 saturated heterocycles. The molecule has 2 amide bonds. The van der Waals surface area contributed by atoms with Gasteiger partial charge in [-0.3, -0.25) is 14.3 Å². The van der Waals surface area contributed by atoms with E-state index in [2.05, 4.69) is 15.7 Å². The number of benzene rings is 2. The van der Waals surface area contributed by atoms with Crippen LogP contribution >= 0.6 is 0 Å². The Balaban J connectivity index is 1.49. The highest BCUT2D eigenvalue weighted by atomic mass is 16.3. The Morgan fingerprint density at radius 1 is 0.938 bits per heavy atom. The molecule has 0 radical (unpaired) electrons. The van der Waals surface area contributed by atoms with Crippen molar-refractivity contribution in [1.82, 2.24) is 20.4 Å².